The highest BCUT2D eigenvalue weighted by Crippen LogP contribution is 2.30. The molecule has 0 spiro atoms. The summed E-state index contributed by atoms with van der Waals surface area (Å²) in [5.74, 6) is 1.23. The average Bonchev–Trinajstić information content (AvgIpc) is 3.04. The highest BCUT2D eigenvalue weighted by molar-refractivity contribution is 5.57. The third kappa shape index (κ3) is 2.47. The maximum Gasteiger partial charge on any atom is 0.169 e. The molecule has 0 atom stereocenters. The van der Waals surface area contributed by atoms with Crippen LogP contribution in [0.3, 0.4) is 0 Å². The first-order valence-corrected chi connectivity index (χ1v) is 7.19. The van der Waals surface area contributed by atoms with Crippen LogP contribution in [0.5, 0.6) is 0 Å². The van der Waals surface area contributed by atoms with Gasteiger partial charge in [-0.05, 0) is 38.3 Å². The lowest BCUT2D eigenvalue weighted by molar-refractivity contribution is 0.491. The Morgan fingerprint density at radius 2 is 2.05 bits per heavy atom. The van der Waals surface area contributed by atoms with Crippen LogP contribution in [0.15, 0.2) is 12.3 Å². The maximum atomic E-state index is 9.40. The van der Waals surface area contributed by atoms with Crippen molar-refractivity contribution in [3.05, 3.63) is 34.8 Å². The van der Waals surface area contributed by atoms with E-state index in [1.807, 2.05) is 19.9 Å². The van der Waals surface area contributed by atoms with Crippen molar-refractivity contribution in [2.24, 2.45) is 0 Å². The number of aromatic nitrogens is 4. The second-order valence-corrected chi connectivity index (χ2v) is 5.49. The van der Waals surface area contributed by atoms with Gasteiger partial charge in [-0.25, -0.2) is 0 Å². The summed E-state index contributed by atoms with van der Waals surface area (Å²) >= 11 is 0. The Hall–Kier alpha value is -2.42. The van der Waals surface area contributed by atoms with E-state index in [0.717, 1.165) is 43.0 Å². The van der Waals surface area contributed by atoms with Crippen molar-refractivity contribution in [1.82, 2.24) is 20.4 Å². The van der Waals surface area contributed by atoms with Crippen LogP contribution in [0.25, 0.3) is 0 Å². The summed E-state index contributed by atoms with van der Waals surface area (Å²) in [6, 6.07) is 4.32. The predicted octanol–water partition coefficient (Wildman–Crippen LogP) is 2.07. The first-order chi connectivity index (χ1) is 10.2. The lowest BCUT2D eigenvalue weighted by Gasteiger charge is -2.32. The lowest BCUT2D eigenvalue weighted by Crippen LogP contribution is -2.34. The van der Waals surface area contributed by atoms with E-state index in [9.17, 15) is 5.26 Å². The van der Waals surface area contributed by atoms with E-state index in [-0.39, 0.29) is 0 Å². The van der Waals surface area contributed by atoms with E-state index in [1.54, 1.807) is 6.20 Å². The van der Waals surface area contributed by atoms with Gasteiger partial charge >= 0.3 is 0 Å². The summed E-state index contributed by atoms with van der Waals surface area (Å²) in [4.78, 5) is 2.17. The molecule has 0 bridgehead atoms. The van der Waals surface area contributed by atoms with Crippen molar-refractivity contribution < 1.29 is 0 Å². The van der Waals surface area contributed by atoms with Gasteiger partial charge in [0, 0.05) is 30.9 Å². The van der Waals surface area contributed by atoms with E-state index >= 15 is 0 Å². The Morgan fingerprint density at radius 1 is 1.29 bits per heavy atom. The zero-order valence-corrected chi connectivity index (χ0v) is 12.3. The van der Waals surface area contributed by atoms with E-state index < -0.39 is 0 Å². The number of nitrogens with zero attached hydrogens (tertiary/aromatic N) is 5. The average molecular weight is 282 g/mol. The molecule has 2 aromatic heterocycles. The molecular weight excluding hydrogens is 264 g/mol. The fourth-order valence-corrected chi connectivity index (χ4v) is 2.85. The molecule has 0 saturated carbocycles. The minimum atomic E-state index is 0.508. The first kappa shape index (κ1) is 13.6. The number of hydrogen-bond donors (Lipinski definition) is 1. The van der Waals surface area contributed by atoms with Crippen LogP contribution in [-0.4, -0.2) is 33.5 Å². The quantitative estimate of drug-likeness (QED) is 0.912. The smallest absolute Gasteiger partial charge is 0.169 e. The van der Waals surface area contributed by atoms with E-state index in [2.05, 4.69) is 31.4 Å². The zero-order valence-electron chi connectivity index (χ0n) is 12.3. The molecule has 1 saturated heterocycles. The molecule has 0 radical (unpaired) electrons. The topological polar surface area (TPSA) is 81.5 Å². The van der Waals surface area contributed by atoms with Crippen molar-refractivity contribution >= 4 is 5.82 Å². The van der Waals surface area contributed by atoms with Crippen LogP contribution in [-0.2, 0) is 0 Å². The van der Waals surface area contributed by atoms with Crippen LogP contribution in [0.1, 0.15) is 41.3 Å². The number of aryl methyl sites for hydroxylation is 1. The summed E-state index contributed by atoms with van der Waals surface area (Å²) in [5, 5.41) is 24.9. The summed E-state index contributed by atoms with van der Waals surface area (Å²) < 4.78 is 0. The molecule has 2 aromatic rings. The SMILES string of the molecule is Cc1nnc(N2CCC(c3ccn[nH]3)CC2)c(C#N)c1C. The van der Waals surface area contributed by atoms with Gasteiger partial charge in [-0.2, -0.15) is 15.5 Å². The normalized spacial score (nSPS) is 16.0. The fraction of sp³-hybridized carbons (Fsp3) is 0.467. The number of anilines is 1. The Morgan fingerprint density at radius 3 is 2.67 bits per heavy atom. The summed E-state index contributed by atoms with van der Waals surface area (Å²) in [7, 11) is 0. The number of nitrogens with one attached hydrogen (secondary N) is 1. The Labute approximate surface area is 123 Å². The van der Waals surface area contributed by atoms with Crippen molar-refractivity contribution in [2.75, 3.05) is 18.0 Å². The van der Waals surface area contributed by atoms with Crippen molar-refractivity contribution in [1.29, 1.82) is 5.26 Å². The van der Waals surface area contributed by atoms with E-state index in [1.165, 1.54) is 5.69 Å². The molecule has 108 valence electrons. The molecule has 0 aliphatic carbocycles. The third-order valence-electron chi connectivity index (χ3n) is 4.30. The van der Waals surface area contributed by atoms with Gasteiger partial charge in [0.1, 0.15) is 11.6 Å². The minimum absolute atomic E-state index is 0.508. The predicted molar refractivity (Wildman–Crippen MR) is 79.0 cm³/mol. The van der Waals surface area contributed by atoms with Crippen LogP contribution >= 0.6 is 0 Å². The molecule has 3 heterocycles. The number of rotatable bonds is 2. The number of nitriles is 1. The molecule has 0 unspecified atom stereocenters. The molecule has 6 heteroatoms. The van der Waals surface area contributed by atoms with Gasteiger partial charge in [-0.3, -0.25) is 5.10 Å². The van der Waals surface area contributed by atoms with Gasteiger partial charge in [0.25, 0.3) is 0 Å². The van der Waals surface area contributed by atoms with Gasteiger partial charge in [-0.15, -0.1) is 5.10 Å². The van der Waals surface area contributed by atoms with Gasteiger partial charge in [-0.1, -0.05) is 0 Å². The first-order valence-electron chi connectivity index (χ1n) is 7.19. The molecular formula is C15H18N6. The molecule has 0 amide bonds. The molecule has 0 aromatic carbocycles. The monoisotopic (exact) mass is 282 g/mol. The molecule has 3 rings (SSSR count). The molecule has 1 aliphatic rings. The van der Waals surface area contributed by atoms with Crippen molar-refractivity contribution in [3.63, 3.8) is 0 Å². The molecule has 21 heavy (non-hydrogen) atoms. The standard InChI is InChI=1S/C15H18N6/c1-10-11(2)18-20-15(13(10)9-16)21-7-4-12(5-8-21)14-3-6-17-19-14/h3,6,12H,4-5,7-8H2,1-2H3,(H,17,19). The number of H-pyrrole nitrogens is 1. The second kappa shape index (κ2) is 5.52. The third-order valence-corrected chi connectivity index (χ3v) is 4.30. The van der Waals surface area contributed by atoms with Crippen LogP contribution in [0.2, 0.25) is 0 Å². The number of piperidine rings is 1. The summed E-state index contributed by atoms with van der Waals surface area (Å²) in [6.45, 7) is 5.59. The highest BCUT2D eigenvalue weighted by atomic mass is 15.3. The minimum Gasteiger partial charge on any atom is -0.354 e. The highest BCUT2D eigenvalue weighted by Gasteiger charge is 2.25. The Balaban J connectivity index is 1.79. The Bertz CT molecular complexity index is 662. The number of hydrogen-bond acceptors (Lipinski definition) is 5. The number of aromatic amines is 1. The van der Waals surface area contributed by atoms with Gasteiger partial charge in [0.05, 0.1) is 5.69 Å². The maximum absolute atomic E-state index is 9.40. The molecule has 6 nitrogen and oxygen atoms in total. The van der Waals surface area contributed by atoms with E-state index in [4.69, 9.17) is 0 Å². The molecule has 1 fully saturated rings. The van der Waals surface area contributed by atoms with Gasteiger partial charge in [0.15, 0.2) is 5.82 Å². The summed E-state index contributed by atoms with van der Waals surface area (Å²) in [6.07, 6.45) is 3.85. The molecule has 1 N–H and O–H groups in total. The second-order valence-electron chi connectivity index (χ2n) is 5.49. The van der Waals surface area contributed by atoms with Crippen LogP contribution in [0, 0.1) is 25.2 Å². The molecule has 1 aliphatic heterocycles. The van der Waals surface area contributed by atoms with Crippen LogP contribution < -0.4 is 4.90 Å². The lowest BCUT2D eigenvalue weighted by atomic mass is 9.93. The van der Waals surface area contributed by atoms with Gasteiger partial charge in [0.2, 0.25) is 0 Å². The van der Waals surface area contributed by atoms with Crippen molar-refractivity contribution in [3.8, 4) is 6.07 Å². The zero-order chi connectivity index (χ0) is 14.8. The summed E-state index contributed by atoms with van der Waals surface area (Å²) in [5.41, 5.74) is 3.60. The van der Waals surface area contributed by atoms with Gasteiger partial charge < -0.3 is 4.90 Å². The van der Waals surface area contributed by atoms with Crippen LogP contribution in [0.4, 0.5) is 5.82 Å². The largest absolute Gasteiger partial charge is 0.354 e. The van der Waals surface area contributed by atoms with Crippen molar-refractivity contribution in [2.45, 2.75) is 32.6 Å². The van der Waals surface area contributed by atoms with E-state index in [0.29, 0.717) is 11.5 Å². The Kier molecular flexibility index (Phi) is 3.57. The fourth-order valence-electron chi connectivity index (χ4n) is 2.85.